The van der Waals surface area contributed by atoms with Crippen molar-refractivity contribution in [2.24, 2.45) is 5.73 Å². The van der Waals surface area contributed by atoms with Gasteiger partial charge in [0.25, 0.3) is 5.91 Å². The average Bonchev–Trinajstić information content (AvgIpc) is 2.44. The molecule has 0 radical (unpaired) electrons. The Morgan fingerprint density at radius 1 is 1.35 bits per heavy atom. The molecule has 110 valence electrons. The van der Waals surface area contributed by atoms with Crippen molar-refractivity contribution in [3.8, 4) is 0 Å². The molecule has 1 heterocycles. The van der Waals surface area contributed by atoms with E-state index >= 15 is 0 Å². The third kappa shape index (κ3) is 3.58. The second kappa shape index (κ2) is 6.86. The molecule has 1 aromatic rings. The van der Waals surface area contributed by atoms with E-state index in [1.165, 1.54) is 0 Å². The van der Waals surface area contributed by atoms with Crippen LogP contribution in [0.5, 0.6) is 0 Å². The molecule has 1 fully saturated rings. The number of nitrogens with zero attached hydrogens (tertiary/aromatic N) is 1. The van der Waals surface area contributed by atoms with Gasteiger partial charge in [-0.15, -0.1) is 0 Å². The van der Waals surface area contributed by atoms with E-state index in [1.54, 1.807) is 0 Å². The number of aryl methyl sites for hydroxylation is 1. The predicted octanol–water partition coefficient (Wildman–Crippen LogP) is 1.46. The van der Waals surface area contributed by atoms with Crippen LogP contribution in [-0.2, 0) is 0 Å². The van der Waals surface area contributed by atoms with E-state index in [0.717, 1.165) is 49.2 Å². The minimum absolute atomic E-state index is 0.0588. The first-order chi connectivity index (χ1) is 9.61. The second-order valence-corrected chi connectivity index (χ2v) is 5.63. The SMILES string of the molecule is Cc1cccc(C(=O)NC2CCN(CCN)CC2)c1C. The molecule has 1 aliphatic heterocycles. The monoisotopic (exact) mass is 275 g/mol. The summed E-state index contributed by atoms with van der Waals surface area (Å²) in [5, 5.41) is 3.17. The van der Waals surface area contributed by atoms with Gasteiger partial charge in [0.2, 0.25) is 0 Å². The number of amides is 1. The summed E-state index contributed by atoms with van der Waals surface area (Å²) >= 11 is 0. The van der Waals surface area contributed by atoms with Crippen LogP contribution >= 0.6 is 0 Å². The van der Waals surface area contributed by atoms with Gasteiger partial charge in [0.05, 0.1) is 0 Å². The van der Waals surface area contributed by atoms with Crippen LogP contribution in [0.1, 0.15) is 34.3 Å². The molecule has 1 saturated heterocycles. The number of benzene rings is 1. The van der Waals surface area contributed by atoms with Crippen molar-refractivity contribution in [1.29, 1.82) is 0 Å². The van der Waals surface area contributed by atoms with E-state index in [1.807, 2.05) is 32.0 Å². The summed E-state index contributed by atoms with van der Waals surface area (Å²) in [7, 11) is 0. The fraction of sp³-hybridized carbons (Fsp3) is 0.562. The van der Waals surface area contributed by atoms with Gasteiger partial charge < -0.3 is 16.0 Å². The van der Waals surface area contributed by atoms with Crippen molar-refractivity contribution < 1.29 is 4.79 Å². The number of nitrogens with one attached hydrogen (secondary N) is 1. The first kappa shape index (κ1) is 15.0. The van der Waals surface area contributed by atoms with Crippen LogP contribution < -0.4 is 11.1 Å². The highest BCUT2D eigenvalue weighted by molar-refractivity contribution is 5.96. The van der Waals surface area contributed by atoms with Gasteiger partial charge in [0, 0.05) is 37.8 Å². The number of piperidine rings is 1. The predicted molar refractivity (Wildman–Crippen MR) is 81.9 cm³/mol. The van der Waals surface area contributed by atoms with Crippen LogP contribution in [0.4, 0.5) is 0 Å². The van der Waals surface area contributed by atoms with Gasteiger partial charge in [-0.25, -0.2) is 0 Å². The first-order valence-corrected chi connectivity index (χ1v) is 7.41. The van der Waals surface area contributed by atoms with Crippen molar-refractivity contribution in [2.45, 2.75) is 32.7 Å². The van der Waals surface area contributed by atoms with Crippen molar-refractivity contribution >= 4 is 5.91 Å². The Bertz CT molecular complexity index is 465. The lowest BCUT2D eigenvalue weighted by molar-refractivity contribution is 0.0911. The standard InChI is InChI=1S/C16H25N3O/c1-12-4-3-5-15(13(12)2)16(20)18-14-6-9-19(10-7-14)11-8-17/h3-5,14H,6-11,17H2,1-2H3,(H,18,20). The fourth-order valence-corrected chi connectivity index (χ4v) is 2.74. The van der Waals surface area contributed by atoms with Crippen molar-refractivity contribution in [3.05, 3.63) is 34.9 Å². The maximum absolute atomic E-state index is 12.3. The maximum Gasteiger partial charge on any atom is 0.251 e. The number of hydrogen-bond donors (Lipinski definition) is 2. The largest absolute Gasteiger partial charge is 0.349 e. The molecule has 0 unspecified atom stereocenters. The molecule has 0 saturated carbocycles. The summed E-state index contributed by atoms with van der Waals surface area (Å²) in [6.45, 7) is 7.76. The summed E-state index contributed by atoms with van der Waals surface area (Å²) < 4.78 is 0. The number of rotatable bonds is 4. The summed E-state index contributed by atoms with van der Waals surface area (Å²) in [4.78, 5) is 14.7. The molecule has 0 bridgehead atoms. The molecular weight excluding hydrogens is 250 g/mol. The van der Waals surface area contributed by atoms with Gasteiger partial charge in [-0.1, -0.05) is 12.1 Å². The van der Waals surface area contributed by atoms with Crippen LogP contribution in [0, 0.1) is 13.8 Å². The minimum atomic E-state index is 0.0588. The van der Waals surface area contributed by atoms with Crippen LogP contribution in [0.3, 0.4) is 0 Å². The molecule has 20 heavy (non-hydrogen) atoms. The van der Waals surface area contributed by atoms with Crippen LogP contribution in [0.25, 0.3) is 0 Å². The summed E-state index contributed by atoms with van der Waals surface area (Å²) in [6, 6.07) is 6.18. The van der Waals surface area contributed by atoms with Crippen molar-refractivity contribution in [2.75, 3.05) is 26.2 Å². The lowest BCUT2D eigenvalue weighted by Crippen LogP contribution is -2.45. The van der Waals surface area contributed by atoms with Crippen molar-refractivity contribution in [3.63, 3.8) is 0 Å². The van der Waals surface area contributed by atoms with E-state index in [0.29, 0.717) is 6.54 Å². The minimum Gasteiger partial charge on any atom is -0.349 e. The Balaban J connectivity index is 1.91. The summed E-state index contributed by atoms with van der Waals surface area (Å²) in [5.41, 5.74) is 8.61. The Morgan fingerprint density at radius 3 is 2.70 bits per heavy atom. The molecule has 0 aromatic heterocycles. The second-order valence-electron chi connectivity index (χ2n) is 5.63. The molecule has 1 aliphatic rings. The molecule has 0 atom stereocenters. The molecular formula is C16H25N3O. The number of hydrogen-bond acceptors (Lipinski definition) is 3. The number of likely N-dealkylation sites (tertiary alicyclic amines) is 1. The van der Waals surface area contributed by atoms with Gasteiger partial charge in [-0.05, 0) is 43.9 Å². The molecule has 0 aliphatic carbocycles. The van der Waals surface area contributed by atoms with E-state index < -0.39 is 0 Å². The van der Waals surface area contributed by atoms with Gasteiger partial charge >= 0.3 is 0 Å². The third-order valence-corrected chi connectivity index (χ3v) is 4.22. The number of nitrogens with two attached hydrogens (primary N) is 1. The zero-order chi connectivity index (χ0) is 14.5. The molecule has 0 spiro atoms. The lowest BCUT2D eigenvalue weighted by atomic mass is 10.0. The van der Waals surface area contributed by atoms with E-state index in [4.69, 9.17) is 5.73 Å². The smallest absolute Gasteiger partial charge is 0.251 e. The highest BCUT2D eigenvalue weighted by atomic mass is 16.1. The highest BCUT2D eigenvalue weighted by Crippen LogP contribution is 2.15. The quantitative estimate of drug-likeness (QED) is 0.874. The first-order valence-electron chi connectivity index (χ1n) is 7.41. The van der Waals surface area contributed by atoms with Gasteiger partial charge in [-0.2, -0.15) is 0 Å². The van der Waals surface area contributed by atoms with E-state index in [-0.39, 0.29) is 11.9 Å². The molecule has 1 amide bonds. The Labute approximate surface area is 121 Å². The lowest BCUT2D eigenvalue weighted by Gasteiger charge is -2.32. The highest BCUT2D eigenvalue weighted by Gasteiger charge is 2.21. The molecule has 4 nitrogen and oxygen atoms in total. The maximum atomic E-state index is 12.3. The number of carbonyl (C=O) groups excluding carboxylic acids is 1. The Hall–Kier alpha value is -1.39. The summed E-state index contributed by atoms with van der Waals surface area (Å²) in [5.74, 6) is 0.0588. The Kier molecular flexibility index (Phi) is 5.15. The summed E-state index contributed by atoms with van der Waals surface area (Å²) in [6.07, 6.45) is 2.02. The topological polar surface area (TPSA) is 58.4 Å². The molecule has 3 N–H and O–H groups in total. The van der Waals surface area contributed by atoms with Gasteiger partial charge in [0.15, 0.2) is 0 Å². The van der Waals surface area contributed by atoms with E-state index in [2.05, 4.69) is 10.2 Å². The molecule has 1 aromatic carbocycles. The van der Waals surface area contributed by atoms with Gasteiger partial charge in [-0.3, -0.25) is 4.79 Å². The van der Waals surface area contributed by atoms with Gasteiger partial charge in [0.1, 0.15) is 0 Å². The van der Waals surface area contributed by atoms with Crippen LogP contribution in [0.15, 0.2) is 18.2 Å². The zero-order valence-corrected chi connectivity index (χ0v) is 12.5. The normalized spacial score (nSPS) is 17.1. The van der Waals surface area contributed by atoms with Crippen LogP contribution in [-0.4, -0.2) is 43.0 Å². The number of carbonyl (C=O) groups is 1. The van der Waals surface area contributed by atoms with E-state index in [9.17, 15) is 4.79 Å². The molecule has 2 rings (SSSR count). The fourth-order valence-electron chi connectivity index (χ4n) is 2.74. The zero-order valence-electron chi connectivity index (χ0n) is 12.5. The Morgan fingerprint density at radius 2 is 2.05 bits per heavy atom. The third-order valence-electron chi connectivity index (χ3n) is 4.22. The van der Waals surface area contributed by atoms with Crippen LogP contribution in [0.2, 0.25) is 0 Å². The molecule has 4 heteroatoms. The average molecular weight is 275 g/mol. The van der Waals surface area contributed by atoms with Crippen molar-refractivity contribution in [1.82, 2.24) is 10.2 Å².